The third kappa shape index (κ3) is 3.65. The Balaban J connectivity index is 1.66. The van der Waals surface area contributed by atoms with E-state index in [2.05, 4.69) is 29.4 Å². The van der Waals surface area contributed by atoms with Crippen LogP contribution in [0.25, 0.3) is 16.7 Å². The van der Waals surface area contributed by atoms with Gasteiger partial charge >= 0.3 is 0 Å². The average molecular weight is 400 g/mol. The zero-order chi connectivity index (χ0) is 19.7. The van der Waals surface area contributed by atoms with Gasteiger partial charge in [0.2, 0.25) is 11.7 Å². The predicted octanol–water partition coefficient (Wildman–Crippen LogP) is 2.85. The van der Waals surface area contributed by atoms with E-state index in [1.165, 1.54) is 24.6 Å². The molecule has 0 saturated heterocycles. The molecule has 2 heterocycles. The summed E-state index contributed by atoms with van der Waals surface area (Å²) in [5, 5.41) is 12.9. The Morgan fingerprint density at radius 3 is 2.86 bits per heavy atom. The molecule has 0 radical (unpaired) electrons. The van der Waals surface area contributed by atoms with E-state index in [-0.39, 0.29) is 23.3 Å². The molecule has 8 heteroatoms. The molecule has 1 N–H and O–H groups in total. The number of nitrogens with zero attached hydrogens (tertiary/aromatic N) is 4. The normalized spacial score (nSPS) is 15.2. The number of carbonyl (C=O) groups is 1. The van der Waals surface area contributed by atoms with E-state index < -0.39 is 0 Å². The molecular weight excluding hydrogens is 374 g/mol. The molecule has 2 aromatic heterocycles. The first-order valence-corrected chi connectivity index (χ1v) is 10.9. The Kier molecular flexibility index (Phi) is 5.39. The van der Waals surface area contributed by atoms with Crippen LogP contribution in [0.1, 0.15) is 39.5 Å². The molecule has 1 amide bonds. The molecule has 7 nitrogen and oxygen atoms in total. The third-order valence-electron chi connectivity index (χ3n) is 5.26. The van der Waals surface area contributed by atoms with Gasteiger partial charge in [0.15, 0.2) is 5.16 Å². The molecule has 1 atom stereocenters. The van der Waals surface area contributed by atoms with Crippen LogP contribution in [0.15, 0.2) is 34.2 Å². The fraction of sp³-hybridized carbons (Fsp3) is 0.500. The lowest BCUT2D eigenvalue weighted by Crippen LogP contribution is -2.35. The fourth-order valence-corrected chi connectivity index (χ4v) is 4.24. The van der Waals surface area contributed by atoms with Crippen molar-refractivity contribution in [1.29, 1.82) is 0 Å². The summed E-state index contributed by atoms with van der Waals surface area (Å²) < 4.78 is 3.59. The van der Waals surface area contributed by atoms with Gasteiger partial charge in [-0.1, -0.05) is 37.2 Å². The summed E-state index contributed by atoms with van der Waals surface area (Å²) in [5.74, 6) is 1.44. The summed E-state index contributed by atoms with van der Waals surface area (Å²) in [5.41, 5.74) is 0.728. The smallest absolute Gasteiger partial charge is 0.262 e. The number of hydrogen-bond donors (Lipinski definition) is 1. The highest BCUT2D eigenvalue weighted by atomic mass is 32.2. The number of carbonyl (C=O) groups excluding carboxylic acids is 1. The first-order chi connectivity index (χ1) is 13.6. The van der Waals surface area contributed by atoms with Crippen molar-refractivity contribution >= 4 is 34.3 Å². The number of rotatable bonds is 8. The highest BCUT2D eigenvalue weighted by molar-refractivity contribution is 7.99. The van der Waals surface area contributed by atoms with Crippen molar-refractivity contribution in [3.05, 3.63) is 34.6 Å². The van der Waals surface area contributed by atoms with Crippen LogP contribution < -0.4 is 10.9 Å². The first-order valence-electron chi connectivity index (χ1n) is 9.89. The number of amides is 1. The molecule has 4 rings (SSSR count). The van der Waals surface area contributed by atoms with Gasteiger partial charge in [0.25, 0.3) is 5.56 Å². The number of benzene rings is 1. The van der Waals surface area contributed by atoms with E-state index in [0.29, 0.717) is 28.8 Å². The predicted molar refractivity (Wildman–Crippen MR) is 111 cm³/mol. The van der Waals surface area contributed by atoms with Crippen molar-refractivity contribution in [2.75, 3.05) is 5.75 Å². The summed E-state index contributed by atoms with van der Waals surface area (Å²) in [6, 6.07) is 7.72. The lowest BCUT2D eigenvalue weighted by molar-refractivity contribution is -0.119. The van der Waals surface area contributed by atoms with Gasteiger partial charge in [-0.3, -0.25) is 18.6 Å². The second-order valence-corrected chi connectivity index (χ2v) is 8.37. The van der Waals surface area contributed by atoms with Gasteiger partial charge in [-0.2, -0.15) is 0 Å². The van der Waals surface area contributed by atoms with E-state index in [1.807, 2.05) is 28.7 Å². The molecule has 1 aliphatic carbocycles. The number of hydrogen-bond acceptors (Lipinski definition) is 5. The van der Waals surface area contributed by atoms with Crippen LogP contribution in [0, 0.1) is 5.92 Å². The minimum atomic E-state index is -0.0449. The number of fused-ring (bicyclic) bond motifs is 3. The number of aromatic nitrogens is 4. The molecular formula is C20H25N5O2S. The second kappa shape index (κ2) is 7.95. The van der Waals surface area contributed by atoms with E-state index in [9.17, 15) is 9.59 Å². The summed E-state index contributed by atoms with van der Waals surface area (Å²) in [4.78, 5) is 25.2. The Morgan fingerprint density at radius 2 is 2.11 bits per heavy atom. The zero-order valence-electron chi connectivity index (χ0n) is 16.2. The molecule has 148 valence electrons. The number of thioether (sulfide) groups is 1. The monoisotopic (exact) mass is 399 g/mol. The number of para-hydroxylation sites is 1. The van der Waals surface area contributed by atoms with E-state index in [4.69, 9.17) is 0 Å². The van der Waals surface area contributed by atoms with Gasteiger partial charge in [-0.25, -0.2) is 0 Å². The van der Waals surface area contributed by atoms with E-state index in [1.54, 1.807) is 4.57 Å². The van der Waals surface area contributed by atoms with Gasteiger partial charge in [0.05, 0.1) is 16.7 Å². The quantitative estimate of drug-likeness (QED) is 0.589. The maximum atomic E-state index is 12.9. The molecule has 28 heavy (non-hydrogen) atoms. The van der Waals surface area contributed by atoms with Crippen LogP contribution in [-0.2, 0) is 11.3 Å². The largest absolute Gasteiger partial charge is 0.353 e. The Morgan fingerprint density at radius 1 is 1.32 bits per heavy atom. The fourth-order valence-electron chi connectivity index (χ4n) is 3.48. The van der Waals surface area contributed by atoms with Crippen LogP contribution >= 0.6 is 11.8 Å². The van der Waals surface area contributed by atoms with Crippen LogP contribution in [0.4, 0.5) is 0 Å². The van der Waals surface area contributed by atoms with Crippen molar-refractivity contribution < 1.29 is 4.79 Å². The lowest BCUT2D eigenvalue weighted by Gasteiger charge is -2.12. The number of aryl methyl sites for hydroxylation is 1. The lowest BCUT2D eigenvalue weighted by atomic mass is 10.2. The SMILES string of the molecule is CCCCn1c(=O)c2ccccc2n2c(SCC(=O)N[C@H](C)C3CC3)nnc12. The second-order valence-electron chi connectivity index (χ2n) is 7.43. The molecule has 1 saturated carbocycles. The Hall–Kier alpha value is -2.35. The van der Waals surface area contributed by atoms with E-state index in [0.717, 1.165) is 18.4 Å². The maximum Gasteiger partial charge on any atom is 0.262 e. The van der Waals surface area contributed by atoms with Crippen molar-refractivity contribution in [1.82, 2.24) is 24.5 Å². The van der Waals surface area contributed by atoms with Crippen LogP contribution in [0.2, 0.25) is 0 Å². The summed E-state index contributed by atoms with van der Waals surface area (Å²) in [6.07, 6.45) is 4.28. The summed E-state index contributed by atoms with van der Waals surface area (Å²) in [7, 11) is 0. The van der Waals surface area contributed by atoms with Crippen molar-refractivity contribution in [2.45, 2.75) is 57.3 Å². The molecule has 0 spiro atoms. The number of unbranched alkanes of at least 4 members (excludes halogenated alkanes) is 1. The maximum absolute atomic E-state index is 12.9. The van der Waals surface area contributed by atoms with Crippen molar-refractivity contribution in [3.63, 3.8) is 0 Å². The highest BCUT2D eigenvalue weighted by Gasteiger charge is 2.29. The summed E-state index contributed by atoms with van der Waals surface area (Å²) in [6.45, 7) is 4.76. The zero-order valence-corrected chi connectivity index (χ0v) is 17.0. The molecule has 0 unspecified atom stereocenters. The molecule has 0 bridgehead atoms. The van der Waals surface area contributed by atoms with Crippen molar-refractivity contribution in [2.24, 2.45) is 5.92 Å². The topological polar surface area (TPSA) is 81.3 Å². The van der Waals surface area contributed by atoms with Gasteiger partial charge in [0.1, 0.15) is 0 Å². The first kappa shape index (κ1) is 19.0. The average Bonchev–Trinajstić information content (AvgIpc) is 3.47. The standard InChI is InChI=1S/C20H25N5O2S/c1-3-4-11-24-18(27)15-7-5-6-8-16(15)25-19(24)22-23-20(25)28-12-17(26)21-13(2)14-9-10-14/h5-8,13-14H,3-4,9-12H2,1-2H3,(H,21,26)/t13-/m1/s1. The minimum absolute atomic E-state index is 0.00441. The Bertz CT molecular complexity index is 1070. The molecule has 3 aromatic rings. The van der Waals surface area contributed by atoms with Gasteiger partial charge < -0.3 is 5.32 Å². The van der Waals surface area contributed by atoms with Crippen LogP contribution in [-0.4, -0.2) is 36.9 Å². The van der Waals surface area contributed by atoms with Crippen LogP contribution in [0.5, 0.6) is 0 Å². The molecule has 1 aromatic carbocycles. The van der Waals surface area contributed by atoms with Crippen LogP contribution in [0.3, 0.4) is 0 Å². The van der Waals surface area contributed by atoms with Crippen molar-refractivity contribution in [3.8, 4) is 0 Å². The summed E-state index contributed by atoms with van der Waals surface area (Å²) >= 11 is 1.35. The minimum Gasteiger partial charge on any atom is -0.353 e. The highest BCUT2D eigenvalue weighted by Crippen LogP contribution is 2.32. The van der Waals surface area contributed by atoms with Gasteiger partial charge in [0, 0.05) is 12.6 Å². The molecule has 0 aliphatic heterocycles. The van der Waals surface area contributed by atoms with E-state index >= 15 is 0 Å². The third-order valence-corrected chi connectivity index (χ3v) is 6.19. The van der Waals surface area contributed by atoms with Gasteiger partial charge in [-0.05, 0) is 44.2 Å². The molecule has 1 aliphatic rings. The Labute approximate surface area is 167 Å². The molecule has 1 fully saturated rings. The van der Waals surface area contributed by atoms with Gasteiger partial charge in [-0.15, -0.1) is 10.2 Å². The number of nitrogens with one attached hydrogen (secondary N) is 1.